The average molecular weight is 509 g/mol. The topological polar surface area (TPSA) is 106 Å². The molecule has 36 heavy (non-hydrogen) atoms. The Morgan fingerprint density at radius 3 is 2.58 bits per heavy atom. The van der Waals surface area contributed by atoms with Gasteiger partial charge in [-0.3, -0.25) is 19.6 Å². The number of carbonyl (C=O) groups is 3. The second-order valence-electron chi connectivity index (χ2n) is 9.50. The minimum absolute atomic E-state index is 0.0239. The highest BCUT2D eigenvalue weighted by atomic mass is 35.5. The fourth-order valence-corrected chi connectivity index (χ4v) is 5.63. The van der Waals surface area contributed by atoms with E-state index >= 15 is 0 Å². The van der Waals surface area contributed by atoms with Gasteiger partial charge >= 0.3 is 0 Å². The van der Waals surface area contributed by atoms with Crippen LogP contribution in [0.15, 0.2) is 48.5 Å². The van der Waals surface area contributed by atoms with Crippen LogP contribution in [0.3, 0.4) is 0 Å². The first-order chi connectivity index (χ1) is 17.5. The lowest BCUT2D eigenvalue weighted by Crippen LogP contribution is -2.63. The fourth-order valence-electron chi connectivity index (χ4n) is 5.50. The molecule has 3 N–H and O–H groups in total. The van der Waals surface area contributed by atoms with E-state index in [4.69, 9.17) is 16.8 Å². The molecule has 1 saturated heterocycles. The van der Waals surface area contributed by atoms with Crippen LogP contribution >= 0.6 is 11.6 Å². The summed E-state index contributed by atoms with van der Waals surface area (Å²) < 4.78 is 0. The van der Waals surface area contributed by atoms with Crippen LogP contribution in [0.1, 0.15) is 55.0 Å². The molecular weight excluding hydrogens is 480 g/mol. The van der Waals surface area contributed by atoms with Crippen molar-refractivity contribution in [2.75, 3.05) is 13.1 Å². The largest absolute Gasteiger partial charge is 0.356 e. The number of nitrogens with zero attached hydrogens (tertiary/aromatic N) is 2. The van der Waals surface area contributed by atoms with Crippen LogP contribution in [0.2, 0.25) is 5.02 Å². The highest BCUT2D eigenvalue weighted by Crippen LogP contribution is 2.42. The zero-order valence-electron chi connectivity index (χ0n) is 19.9. The quantitative estimate of drug-likeness (QED) is 0.243. The molecule has 0 spiro atoms. The number of hydrogen-bond acceptors (Lipinski definition) is 4. The van der Waals surface area contributed by atoms with Crippen LogP contribution in [0.4, 0.5) is 0 Å². The Bertz CT molecular complexity index is 1290. The fraction of sp³-hybridized carbons (Fsp3) is 0.370. The molecule has 0 unspecified atom stereocenters. The van der Waals surface area contributed by atoms with E-state index in [1.54, 1.807) is 15.3 Å². The lowest BCUT2D eigenvalue weighted by Gasteiger charge is -2.47. The van der Waals surface area contributed by atoms with Gasteiger partial charge in [-0.1, -0.05) is 54.8 Å². The van der Waals surface area contributed by atoms with Gasteiger partial charge in [0.2, 0.25) is 17.7 Å². The number of nitrogens with one attached hydrogen (secondary N) is 2. The number of hydroxylamine groups is 1. The van der Waals surface area contributed by atoms with Crippen molar-refractivity contribution in [1.29, 1.82) is 0 Å². The van der Waals surface area contributed by atoms with Crippen molar-refractivity contribution >= 4 is 40.2 Å². The third kappa shape index (κ3) is 4.58. The number of amides is 3. The van der Waals surface area contributed by atoms with Gasteiger partial charge in [0.05, 0.1) is 12.6 Å². The molecule has 3 heterocycles. The Kier molecular flexibility index (Phi) is 6.98. The monoisotopic (exact) mass is 508 g/mol. The Morgan fingerprint density at radius 2 is 1.81 bits per heavy atom. The molecular formula is C27H29ClN4O4. The number of carbonyl (C=O) groups excluding carboxylic acids is 3. The summed E-state index contributed by atoms with van der Waals surface area (Å²) in [5.41, 5.74) is 5.58. The second kappa shape index (κ2) is 10.3. The molecule has 1 fully saturated rings. The van der Waals surface area contributed by atoms with Crippen LogP contribution in [0.5, 0.6) is 0 Å². The van der Waals surface area contributed by atoms with Crippen molar-refractivity contribution in [2.45, 2.75) is 50.6 Å². The Labute approximate surface area is 214 Å². The number of piperazine rings is 1. The highest BCUT2D eigenvalue weighted by molar-refractivity contribution is 6.30. The molecule has 8 nitrogen and oxygen atoms in total. The van der Waals surface area contributed by atoms with E-state index in [0.717, 1.165) is 47.0 Å². The number of para-hydroxylation sites is 1. The van der Waals surface area contributed by atoms with Crippen molar-refractivity contribution in [2.24, 2.45) is 0 Å². The van der Waals surface area contributed by atoms with Crippen LogP contribution in [0, 0.1) is 0 Å². The Balaban J connectivity index is 1.38. The molecule has 2 aromatic carbocycles. The average Bonchev–Trinajstić information content (AvgIpc) is 3.26. The summed E-state index contributed by atoms with van der Waals surface area (Å²) in [4.78, 5) is 45.3. The molecule has 0 radical (unpaired) electrons. The summed E-state index contributed by atoms with van der Waals surface area (Å²) in [6, 6.07) is 14.6. The number of rotatable bonds is 8. The van der Waals surface area contributed by atoms with Crippen molar-refractivity contribution < 1.29 is 19.6 Å². The number of hydrogen-bond donors (Lipinski definition) is 3. The molecule has 2 atom stereocenters. The standard InChI is InChI=1S/C27H29ClN4O4/c28-18-12-10-17(11-13-18)26-25-20(19-7-4-5-8-21(19)29-25)15-22-27(35)31(16-24(34)32(22)26)14-6-2-1-3-9-23(33)30-36/h4-5,7-8,10-13,22,26,29,36H,1-3,6,9,14-16H2,(H,30,33)/t22-,26-/m1/s1. The van der Waals surface area contributed by atoms with Crippen LogP contribution in [0.25, 0.3) is 10.9 Å². The third-order valence-electron chi connectivity index (χ3n) is 7.23. The maximum atomic E-state index is 13.7. The number of benzene rings is 2. The predicted octanol–water partition coefficient (Wildman–Crippen LogP) is 3.96. The van der Waals surface area contributed by atoms with Crippen molar-refractivity contribution in [3.05, 3.63) is 70.4 Å². The van der Waals surface area contributed by atoms with Crippen LogP contribution in [-0.4, -0.2) is 56.8 Å². The summed E-state index contributed by atoms with van der Waals surface area (Å²) in [5.74, 6) is -0.483. The van der Waals surface area contributed by atoms with Gasteiger partial charge in [0.15, 0.2) is 0 Å². The summed E-state index contributed by atoms with van der Waals surface area (Å²) in [6.45, 7) is 0.565. The van der Waals surface area contributed by atoms with Crippen molar-refractivity contribution in [3.63, 3.8) is 0 Å². The molecule has 3 amide bonds. The van der Waals surface area contributed by atoms with Gasteiger partial charge in [-0.15, -0.1) is 0 Å². The first-order valence-electron chi connectivity index (χ1n) is 12.4. The van der Waals surface area contributed by atoms with Crippen LogP contribution < -0.4 is 5.48 Å². The summed E-state index contributed by atoms with van der Waals surface area (Å²) in [5, 5.41) is 10.3. The number of fused-ring (bicyclic) bond motifs is 4. The van der Waals surface area contributed by atoms with Gasteiger partial charge in [0, 0.05) is 41.0 Å². The van der Waals surface area contributed by atoms with E-state index in [1.807, 2.05) is 42.5 Å². The second-order valence-corrected chi connectivity index (χ2v) is 9.93. The molecule has 5 rings (SSSR count). The normalized spacial score (nSPS) is 19.4. The number of H-pyrrole nitrogens is 1. The van der Waals surface area contributed by atoms with Gasteiger partial charge < -0.3 is 14.8 Å². The van der Waals surface area contributed by atoms with Gasteiger partial charge in [-0.2, -0.15) is 0 Å². The molecule has 0 aliphatic carbocycles. The van der Waals surface area contributed by atoms with E-state index in [9.17, 15) is 14.4 Å². The zero-order valence-corrected chi connectivity index (χ0v) is 20.6. The van der Waals surface area contributed by atoms with Crippen molar-refractivity contribution in [3.8, 4) is 0 Å². The number of unbranched alkanes of at least 4 members (excludes halogenated alkanes) is 3. The number of aromatic amines is 1. The first kappa shape index (κ1) is 24.3. The summed E-state index contributed by atoms with van der Waals surface area (Å²) in [7, 11) is 0. The lowest BCUT2D eigenvalue weighted by molar-refractivity contribution is -0.158. The Hall–Kier alpha value is -3.36. The Morgan fingerprint density at radius 1 is 1.06 bits per heavy atom. The minimum atomic E-state index is -0.563. The first-order valence-corrected chi connectivity index (χ1v) is 12.7. The summed E-state index contributed by atoms with van der Waals surface area (Å²) in [6.07, 6.45) is 3.82. The number of aromatic nitrogens is 1. The van der Waals surface area contributed by atoms with Crippen LogP contribution in [-0.2, 0) is 20.8 Å². The molecule has 3 aromatic rings. The van der Waals surface area contributed by atoms with Crippen molar-refractivity contribution in [1.82, 2.24) is 20.3 Å². The van der Waals surface area contributed by atoms with E-state index in [1.165, 1.54) is 0 Å². The van der Waals surface area contributed by atoms with Gasteiger partial charge in [0.25, 0.3) is 0 Å². The molecule has 188 valence electrons. The highest BCUT2D eigenvalue weighted by Gasteiger charge is 2.48. The molecule has 9 heteroatoms. The number of halogens is 1. The molecule has 2 aliphatic rings. The SMILES string of the molecule is O=C(CCCCCCN1CC(=O)N2[C@H](c3ccc(Cl)cc3)c3[nH]c4ccccc4c3C[C@@H]2C1=O)NO. The lowest BCUT2D eigenvalue weighted by atomic mass is 9.86. The maximum absolute atomic E-state index is 13.7. The molecule has 0 saturated carbocycles. The zero-order chi connectivity index (χ0) is 25.2. The van der Waals surface area contributed by atoms with Gasteiger partial charge in [-0.05, 0) is 42.2 Å². The van der Waals surface area contributed by atoms with Gasteiger partial charge in [0.1, 0.15) is 6.04 Å². The maximum Gasteiger partial charge on any atom is 0.246 e. The molecule has 1 aromatic heterocycles. The summed E-state index contributed by atoms with van der Waals surface area (Å²) >= 11 is 6.15. The van der Waals surface area contributed by atoms with Gasteiger partial charge in [-0.25, -0.2) is 5.48 Å². The van der Waals surface area contributed by atoms with E-state index in [2.05, 4.69) is 11.1 Å². The smallest absolute Gasteiger partial charge is 0.246 e. The van der Waals surface area contributed by atoms with E-state index < -0.39 is 11.9 Å². The third-order valence-corrected chi connectivity index (χ3v) is 7.49. The minimum Gasteiger partial charge on any atom is -0.356 e. The molecule has 2 aliphatic heterocycles. The van der Waals surface area contributed by atoms with E-state index in [0.29, 0.717) is 24.4 Å². The molecule has 0 bridgehead atoms. The predicted molar refractivity (Wildman–Crippen MR) is 136 cm³/mol. The van der Waals surface area contributed by atoms with E-state index in [-0.39, 0.29) is 30.8 Å².